The molecule has 4 nitrogen and oxygen atoms in total. The first-order valence-electron chi connectivity index (χ1n) is 3.12. The Kier molecular flexibility index (Phi) is 5.64. The largest absolute Gasteiger partial charge is 0.548 e. The van der Waals surface area contributed by atoms with Gasteiger partial charge in [0.1, 0.15) is 0 Å². The van der Waals surface area contributed by atoms with Gasteiger partial charge < -0.3 is 15.2 Å². The number of carbonyl (C=O) groups is 2. The number of carboxylic acids is 1. The molecule has 64 valence electrons. The molecule has 0 saturated heterocycles. The van der Waals surface area contributed by atoms with Crippen molar-refractivity contribution in [2.45, 2.75) is 12.5 Å². The van der Waals surface area contributed by atoms with Crippen LogP contribution in [0.4, 0.5) is 0 Å². The van der Waals surface area contributed by atoms with Crippen molar-refractivity contribution in [3.63, 3.8) is 0 Å². The van der Waals surface area contributed by atoms with Gasteiger partial charge in [-0.15, -0.1) is 0 Å². The van der Waals surface area contributed by atoms with Crippen LogP contribution in [0.3, 0.4) is 0 Å². The second-order valence-corrected chi connectivity index (χ2v) is 2.92. The molecule has 0 spiro atoms. The summed E-state index contributed by atoms with van der Waals surface area (Å²) in [6, 6.07) is -0.847. The molecule has 0 aromatic carbocycles. The summed E-state index contributed by atoms with van der Waals surface area (Å²) in [5.41, 5.74) is 0. The van der Waals surface area contributed by atoms with Crippen molar-refractivity contribution in [2.24, 2.45) is 0 Å². The average Bonchev–Trinajstić information content (AvgIpc) is 1.97. The summed E-state index contributed by atoms with van der Waals surface area (Å²) < 4.78 is 0. The van der Waals surface area contributed by atoms with Crippen molar-refractivity contribution < 1.29 is 14.7 Å². The van der Waals surface area contributed by atoms with Gasteiger partial charge in [0.05, 0.1) is 12.0 Å². The lowest BCUT2D eigenvalue weighted by Gasteiger charge is -2.15. The van der Waals surface area contributed by atoms with Crippen molar-refractivity contribution in [3.05, 3.63) is 0 Å². The molecular weight excluding hydrogens is 166 g/mol. The van der Waals surface area contributed by atoms with Gasteiger partial charge in [-0.1, -0.05) is 0 Å². The van der Waals surface area contributed by atoms with Crippen LogP contribution >= 0.6 is 11.8 Å². The first-order chi connectivity index (χ1) is 5.22. The number of amides is 1. The van der Waals surface area contributed by atoms with Crippen LogP contribution in [0.5, 0.6) is 0 Å². The second-order valence-electron chi connectivity index (χ2n) is 1.94. The van der Waals surface area contributed by atoms with E-state index in [1.54, 1.807) is 0 Å². The zero-order chi connectivity index (χ0) is 8.69. The van der Waals surface area contributed by atoms with Gasteiger partial charge in [-0.3, -0.25) is 4.79 Å². The van der Waals surface area contributed by atoms with Crippen LogP contribution in [0.1, 0.15) is 6.42 Å². The fourth-order valence-corrected chi connectivity index (χ4v) is 1.06. The zero-order valence-corrected chi connectivity index (χ0v) is 7.02. The van der Waals surface area contributed by atoms with Gasteiger partial charge in [-0.05, 0) is 18.4 Å². The minimum atomic E-state index is -1.23. The molecule has 5 heteroatoms. The van der Waals surface area contributed by atoms with Crippen molar-refractivity contribution in [2.75, 3.05) is 12.0 Å². The number of rotatable bonds is 6. The topological polar surface area (TPSA) is 69.2 Å². The minimum Gasteiger partial charge on any atom is -0.548 e. The van der Waals surface area contributed by atoms with Crippen LogP contribution < -0.4 is 10.4 Å². The molecule has 1 amide bonds. The SMILES string of the molecule is CSCC[C@@H](NC=O)C(=O)[O-]. The molecule has 0 aliphatic carbocycles. The lowest BCUT2D eigenvalue weighted by Crippen LogP contribution is -2.45. The Hall–Kier alpha value is -0.710. The number of thioether (sulfide) groups is 1. The minimum absolute atomic E-state index is 0.376. The van der Waals surface area contributed by atoms with Crippen molar-refractivity contribution in [1.82, 2.24) is 5.32 Å². The van der Waals surface area contributed by atoms with E-state index >= 15 is 0 Å². The van der Waals surface area contributed by atoms with Gasteiger partial charge in [0.15, 0.2) is 0 Å². The van der Waals surface area contributed by atoms with Gasteiger partial charge in [0.25, 0.3) is 0 Å². The van der Waals surface area contributed by atoms with Gasteiger partial charge in [0, 0.05) is 0 Å². The predicted molar refractivity (Wildman–Crippen MR) is 41.0 cm³/mol. The molecule has 0 aliphatic rings. The molecule has 0 unspecified atom stereocenters. The van der Waals surface area contributed by atoms with E-state index in [4.69, 9.17) is 0 Å². The van der Waals surface area contributed by atoms with Crippen molar-refractivity contribution in [3.8, 4) is 0 Å². The third kappa shape index (κ3) is 4.66. The summed E-state index contributed by atoms with van der Waals surface area (Å²) >= 11 is 1.53. The summed E-state index contributed by atoms with van der Waals surface area (Å²) in [6.45, 7) is 0. The molecular formula is C6H10NO3S-. The molecule has 0 saturated carbocycles. The van der Waals surface area contributed by atoms with E-state index in [9.17, 15) is 14.7 Å². The van der Waals surface area contributed by atoms with E-state index in [-0.39, 0.29) is 0 Å². The molecule has 0 bridgehead atoms. The fraction of sp³-hybridized carbons (Fsp3) is 0.667. The first-order valence-corrected chi connectivity index (χ1v) is 4.51. The van der Waals surface area contributed by atoms with Crippen LogP contribution in [0, 0.1) is 0 Å². The van der Waals surface area contributed by atoms with E-state index < -0.39 is 12.0 Å². The maximum atomic E-state index is 10.3. The van der Waals surface area contributed by atoms with E-state index in [1.807, 2.05) is 6.26 Å². The van der Waals surface area contributed by atoms with Crippen LogP contribution in [0.25, 0.3) is 0 Å². The molecule has 0 aromatic rings. The first kappa shape index (κ1) is 10.3. The van der Waals surface area contributed by atoms with Crippen LogP contribution in [-0.4, -0.2) is 30.4 Å². The molecule has 0 radical (unpaired) electrons. The Morgan fingerprint density at radius 1 is 1.82 bits per heavy atom. The van der Waals surface area contributed by atoms with E-state index in [1.165, 1.54) is 11.8 Å². The average molecular weight is 176 g/mol. The number of aliphatic carboxylic acids is 1. The second kappa shape index (κ2) is 6.03. The molecule has 11 heavy (non-hydrogen) atoms. The number of carbonyl (C=O) groups excluding carboxylic acids is 2. The van der Waals surface area contributed by atoms with Gasteiger partial charge in [-0.2, -0.15) is 11.8 Å². The molecule has 0 heterocycles. The number of nitrogens with one attached hydrogen (secondary N) is 1. The number of hydrogen-bond donors (Lipinski definition) is 1. The Morgan fingerprint density at radius 3 is 2.82 bits per heavy atom. The normalized spacial score (nSPS) is 12.1. The maximum absolute atomic E-state index is 10.3. The van der Waals surface area contributed by atoms with Crippen LogP contribution in [0.2, 0.25) is 0 Å². The Labute approximate surface area is 69.4 Å². The van der Waals surface area contributed by atoms with Gasteiger partial charge in [0.2, 0.25) is 6.41 Å². The van der Waals surface area contributed by atoms with E-state index in [0.29, 0.717) is 18.6 Å². The zero-order valence-electron chi connectivity index (χ0n) is 6.20. The quantitative estimate of drug-likeness (QED) is 0.505. The van der Waals surface area contributed by atoms with E-state index in [2.05, 4.69) is 5.32 Å². The maximum Gasteiger partial charge on any atom is 0.207 e. The molecule has 1 atom stereocenters. The Bertz CT molecular complexity index is 140. The predicted octanol–water partition coefficient (Wildman–Crippen LogP) is -1.40. The number of carboxylic acid groups (broad SMARTS) is 1. The summed E-state index contributed by atoms with van der Waals surface area (Å²) in [5, 5.41) is 12.4. The van der Waals surface area contributed by atoms with Crippen LogP contribution in [0.15, 0.2) is 0 Å². The molecule has 0 aromatic heterocycles. The Balaban J connectivity index is 3.69. The highest BCUT2D eigenvalue weighted by Crippen LogP contribution is 1.98. The van der Waals surface area contributed by atoms with Gasteiger partial charge >= 0.3 is 0 Å². The summed E-state index contributed by atoms with van der Waals surface area (Å²) in [4.78, 5) is 20.1. The fourth-order valence-electron chi connectivity index (χ4n) is 0.587. The van der Waals surface area contributed by atoms with Gasteiger partial charge in [-0.25, -0.2) is 0 Å². The molecule has 0 fully saturated rings. The highest BCUT2D eigenvalue weighted by atomic mass is 32.2. The monoisotopic (exact) mass is 176 g/mol. The highest BCUT2D eigenvalue weighted by molar-refractivity contribution is 7.98. The lowest BCUT2D eigenvalue weighted by atomic mass is 10.2. The molecule has 1 N–H and O–H groups in total. The highest BCUT2D eigenvalue weighted by Gasteiger charge is 2.06. The van der Waals surface area contributed by atoms with E-state index in [0.717, 1.165) is 0 Å². The Morgan fingerprint density at radius 2 is 2.45 bits per heavy atom. The van der Waals surface area contributed by atoms with Crippen LogP contribution in [-0.2, 0) is 9.59 Å². The van der Waals surface area contributed by atoms with Crippen molar-refractivity contribution in [1.29, 1.82) is 0 Å². The standard InChI is InChI=1S/C6H11NO3S/c1-11-3-2-5(6(9)10)7-4-8/h4-5H,2-3H2,1H3,(H,7,8)(H,9,10)/p-1/t5-/m1/s1. The molecule has 0 aliphatic heterocycles. The summed E-state index contributed by atoms with van der Waals surface area (Å²) in [7, 11) is 0. The molecule has 0 rings (SSSR count). The lowest BCUT2D eigenvalue weighted by molar-refractivity contribution is -0.308. The number of hydrogen-bond acceptors (Lipinski definition) is 4. The third-order valence-corrected chi connectivity index (χ3v) is 1.81. The summed E-state index contributed by atoms with van der Waals surface area (Å²) in [6.07, 6.45) is 2.65. The van der Waals surface area contributed by atoms with Crippen molar-refractivity contribution >= 4 is 24.1 Å². The smallest absolute Gasteiger partial charge is 0.207 e. The third-order valence-electron chi connectivity index (χ3n) is 1.16. The summed E-state index contributed by atoms with van der Waals surface area (Å²) in [5.74, 6) is -0.536.